The summed E-state index contributed by atoms with van der Waals surface area (Å²) in [4.78, 5) is 39.6. The van der Waals surface area contributed by atoms with Crippen LogP contribution in [0.4, 0.5) is 5.00 Å². The number of carbonyl (C=O) groups is 2. The van der Waals surface area contributed by atoms with Crippen molar-refractivity contribution in [2.24, 2.45) is 0 Å². The number of carboxylic acid groups (broad SMARTS) is 1. The molecule has 0 aliphatic carbocycles. The van der Waals surface area contributed by atoms with E-state index in [2.05, 4.69) is 4.98 Å². The monoisotopic (exact) mass is 320 g/mol. The Kier molecular flexibility index (Phi) is 3.26. The number of thiophene rings is 1. The molecule has 3 heterocycles. The highest BCUT2D eigenvalue weighted by atomic mass is 32.1. The largest absolute Gasteiger partial charge is 0.477 e. The zero-order chi connectivity index (χ0) is 15.9. The molecule has 0 radical (unpaired) electrons. The van der Waals surface area contributed by atoms with Gasteiger partial charge in [-0.1, -0.05) is 0 Å². The summed E-state index contributed by atoms with van der Waals surface area (Å²) in [6.45, 7) is 0. The lowest BCUT2D eigenvalue weighted by molar-refractivity contribution is 0.0692. The van der Waals surface area contributed by atoms with Gasteiger partial charge < -0.3 is 13.9 Å². The highest BCUT2D eigenvalue weighted by molar-refractivity contribution is 7.22. The lowest BCUT2D eigenvalue weighted by Gasteiger charge is -2.11. The second-order valence-electron chi connectivity index (χ2n) is 4.27. The first-order valence-corrected chi connectivity index (χ1v) is 6.77. The zero-order valence-electron chi connectivity index (χ0n) is 11.1. The van der Waals surface area contributed by atoms with Crippen LogP contribution in [0.3, 0.4) is 0 Å². The molecule has 112 valence electrons. The van der Waals surface area contributed by atoms with Crippen molar-refractivity contribution < 1.29 is 23.5 Å². The Morgan fingerprint density at radius 2 is 2.14 bits per heavy atom. The number of oxazole rings is 1. The molecular weight excluding hydrogens is 312 g/mol. The molecule has 0 spiro atoms. The Hall–Kier alpha value is -2.94. The van der Waals surface area contributed by atoms with Gasteiger partial charge in [0.1, 0.15) is 16.8 Å². The van der Waals surface area contributed by atoms with E-state index in [-0.39, 0.29) is 11.5 Å². The molecule has 1 N–H and O–H groups in total. The van der Waals surface area contributed by atoms with E-state index in [4.69, 9.17) is 13.9 Å². The number of carboxylic acids is 1. The number of nitrogens with zero attached hydrogens (tertiary/aromatic N) is 2. The summed E-state index contributed by atoms with van der Waals surface area (Å²) in [6, 6.07) is 2.70. The maximum absolute atomic E-state index is 12.1. The molecule has 0 aliphatic heterocycles. The third-order valence-electron chi connectivity index (χ3n) is 2.89. The van der Waals surface area contributed by atoms with Crippen LogP contribution >= 0.6 is 11.3 Å². The molecule has 22 heavy (non-hydrogen) atoms. The Morgan fingerprint density at radius 3 is 2.77 bits per heavy atom. The Morgan fingerprint density at radius 1 is 1.36 bits per heavy atom. The first-order chi connectivity index (χ1) is 10.5. The maximum Gasteiger partial charge on any atom is 0.351 e. The average molecular weight is 320 g/mol. The fourth-order valence-corrected chi connectivity index (χ4v) is 2.78. The summed E-state index contributed by atoms with van der Waals surface area (Å²) in [5.41, 5.74) is -1.18. The Bertz CT molecular complexity index is 924. The van der Waals surface area contributed by atoms with Gasteiger partial charge in [0.05, 0.1) is 10.9 Å². The predicted molar refractivity (Wildman–Crippen MR) is 76.6 cm³/mol. The number of rotatable bonds is 3. The lowest BCUT2D eigenvalue weighted by atomic mass is 10.3. The van der Waals surface area contributed by atoms with E-state index in [0.29, 0.717) is 9.70 Å². The number of aromatic carboxylic acids is 1. The fourth-order valence-electron chi connectivity index (χ4n) is 1.79. The second-order valence-corrected chi connectivity index (χ2v) is 5.33. The summed E-state index contributed by atoms with van der Waals surface area (Å²) in [5.74, 6) is -1.92. The summed E-state index contributed by atoms with van der Waals surface area (Å²) < 4.78 is 10.3. The summed E-state index contributed by atoms with van der Waals surface area (Å²) in [5, 5.41) is 9.38. The van der Waals surface area contributed by atoms with Gasteiger partial charge in [0.25, 0.3) is 5.89 Å². The SMILES string of the molecule is CN(C(=O)c1ncco1)c1cc2oc(=O)c(C(=O)O)cc2s1. The summed E-state index contributed by atoms with van der Waals surface area (Å²) >= 11 is 1.11. The van der Waals surface area contributed by atoms with E-state index in [0.717, 1.165) is 11.3 Å². The van der Waals surface area contributed by atoms with Crippen LogP contribution in [0.2, 0.25) is 0 Å². The molecule has 0 unspecified atom stereocenters. The van der Waals surface area contributed by atoms with Crippen LogP contribution in [0.25, 0.3) is 10.3 Å². The highest BCUT2D eigenvalue weighted by Gasteiger charge is 2.21. The van der Waals surface area contributed by atoms with Gasteiger partial charge in [0.15, 0.2) is 5.58 Å². The third kappa shape index (κ3) is 2.27. The van der Waals surface area contributed by atoms with E-state index < -0.39 is 23.1 Å². The van der Waals surface area contributed by atoms with Crippen molar-refractivity contribution in [1.82, 2.24) is 4.98 Å². The molecule has 9 heteroatoms. The van der Waals surface area contributed by atoms with Crippen LogP contribution in [0.15, 0.2) is 38.2 Å². The molecule has 0 fully saturated rings. The number of amides is 1. The standard InChI is InChI=1S/C13H8N2O6S/c1-15(11(16)10-14-2-3-20-10)9-5-7-8(22-9)4-6(12(17)18)13(19)21-7/h2-5H,1H3,(H,17,18). The maximum atomic E-state index is 12.1. The first-order valence-electron chi connectivity index (χ1n) is 5.96. The number of fused-ring (bicyclic) bond motifs is 1. The molecule has 0 bridgehead atoms. The summed E-state index contributed by atoms with van der Waals surface area (Å²) in [6.07, 6.45) is 2.63. The quantitative estimate of drug-likeness (QED) is 0.782. The van der Waals surface area contributed by atoms with Crippen molar-refractivity contribution in [3.8, 4) is 0 Å². The number of hydrogen-bond donors (Lipinski definition) is 1. The van der Waals surface area contributed by atoms with Crippen molar-refractivity contribution in [3.05, 3.63) is 46.5 Å². The van der Waals surface area contributed by atoms with E-state index in [1.54, 1.807) is 0 Å². The van der Waals surface area contributed by atoms with Gasteiger partial charge in [0.2, 0.25) is 0 Å². The van der Waals surface area contributed by atoms with E-state index >= 15 is 0 Å². The van der Waals surface area contributed by atoms with Crippen molar-refractivity contribution in [1.29, 1.82) is 0 Å². The van der Waals surface area contributed by atoms with Crippen molar-refractivity contribution in [2.45, 2.75) is 0 Å². The Balaban J connectivity index is 2.03. The van der Waals surface area contributed by atoms with Gasteiger partial charge in [0, 0.05) is 13.1 Å². The molecule has 3 rings (SSSR count). The van der Waals surface area contributed by atoms with Crippen LogP contribution in [-0.2, 0) is 0 Å². The van der Waals surface area contributed by atoms with Gasteiger partial charge in [-0.25, -0.2) is 14.6 Å². The molecule has 1 amide bonds. The number of carbonyl (C=O) groups excluding carboxylic acids is 1. The topological polar surface area (TPSA) is 114 Å². The van der Waals surface area contributed by atoms with E-state index in [9.17, 15) is 14.4 Å². The van der Waals surface area contributed by atoms with Crippen molar-refractivity contribution in [3.63, 3.8) is 0 Å². The zero-order valence-corrected chi connectivity index (χ0v) is 11.9. The van der Waals surface area contributed by atoms with Gasteiger partial charge in [-0.15, -0.1) is 11.3 Å². The highest BCUT2D eigenvalue weighted by Crippen LogP contribution is 2.32. The molecule has 0 aromatic carbocycles. The minimum Gasteiger partial charge on any atom is -0.477 e. The molecular formula is C13H8N2O6S. The molecule has 0 saturated heterocycles. The van der Waals surface area contributed by atoms with Crippen LogP contribution < -0.4 is 10.5 Å². The minimum atomic E-state index is -1.37. The lowest BCUT2D eigenvalue weighted by Crippen LogP contribution is -2.25. The van der Waals surface area contributed by atoms with Gasteiger partial charge >= 0.3 is 17.5 Å². The van der Waals surface area contributed by atoms with E-state index in [1.165, 1.54) is 36.5 Å². The van der Waals surface area contributed by atoms with Crippen molar-refractivity contribution in [2.75, 3.05) is 11.9 Å². The fraction of sp³-hybridized carbons (Fsp3) is 0.0769. The number of anilines is 1. The second kappa shape index (κ2) is 5.11. The normalized spacial score (nSPS) is 10.8. The van der Waals surface area contributed by atoms with Crippen LogP contribution in [0, 0.1) is 0 Å². The molecule has 3 aromatic rings. The van der Waals surface area contributed by atoms with Crippen LogP contribution in [0.5, 0.6) is 0 Å². The number of aromatic nitrogens is 1. The summed E-state index contributed by atoms with van der Waals surface area (Å²) in [7, 11) is 1.51. The smallest absolute Gasteiger partial charge is 0.351 e. The van der Waals surface area contributed by atoms with Crippen LogP contribution in [-0.4, -0.2) is 29.0 Å². The molecule has 8 nitrogen and oxygen atoms in total. The molecule has 0 saturated carbocycles. The molecule has 3 aromatic heterocycles. The predicted octanol–water partition coefficient (Wildman–Crippen LogP) is 1.82. The molecule has 0 atom stereocenters. The van der Waals surface area contributed by atoms with Crippen LogP contribution in [0.1, 0.15) is 21.0 Å². The average Bonchev–Trinajstić information content (AvgIpc) is 3.13. The first kappa shape index (κ1) is 14.0. The molecule has 0 aliphatic rings. The Labute approximate surface area is 126 Å². The number of hydrogen-bond acceptors (Lipinski definition) is 7. The van der Waals surface area contributed by atoms with E-state index in [1.807, 2.05) is 0 Å². The van der Waals surface area contributed by atoms with Crippen molar-refractivity contribution >= 4 is 38.5 Å². The van der Waals surface area contributed by atoms with Gasteiger partial charge in [-0.3, -0.25) is 9.69 Å². The van der Waals surface area contributed by atoms with Gasteiger partial charge in [-0.05, 0) is 6.07 Å². The van der Waals surface area contributed by atoms with Gasteiger partial charge in [-0.2, -0.15) is 0 Å². The third-order valence-corrected chi connectivity index (χ3v) is 4.03. The minimum absolute atomic E-state index is 0.0763.